The predicted molar refractivity (Wildman–Crippen MR) is 206 cm³/mol. The number of anilines is 1. The molecule has 1 fully saturated rings. The minimum absolute atomic E-state index is 0.117. The highest BCUT2D eigenvalue weighted by molar-refractivity contribution is 6.30. The van der Waals surface area contributed by atoms with Crippen LogP contribution in [0.4, 0.5) is 15.3 Å². The minimum Gasteiger partial charge on any atom is -0.493 e. The van der Waals surface area contributed by atoms with Crippen molar-refractivity contribution >= 4 is 46.8 Å². The van der Waals surface area contributed by atoms with E-state index in [4.69, 9.17) is 37.9 Å². The molecule has 4 heterocycles. The van der Waals surface area contributed by atoms with Gasteiger partial charge in [-0.15, -0.1) is 0 Å². The van der Waals surface area contributed by atoms with Gasteiger partial charge in [0.2, 0.25) is 0 Å². The molecule has 0 saturated carbocycles. The number of aromatic nitrogens is 2. The molecular formula is C40H45Cl2N7O3. The Hall–Kier alpha value is -4.67. The van der Waals surface area contributed by atoms with Crippen LogP contribution >= 0.6 is 23.2 Å². The maximum absolute atomic E-state index is 15.2. The summed E-state index contributed by atoms with van der Waals surface area (Å²) in [5.74, 6) is 1.05. The molecule has 0 aliphatic carbocycles. The number of pyridine rings is 2. The number of nitrogens with zero attached hydrogens (tertiary/aromatic N) is 5. The van der Waals surface area contributed by atoms with Gasteiger partial charge < -0.3 is 20.3 Å². The molecule has 2 N–H and O–H groups in total. The smallest absolute Gasteiger partial charge is 0.326 e. The van der Waals surface area contributed by atoms with E-state index in [2.05, 4.69) is 36.4 Å². The number of aliphatic imine (C=N–C) groups is 1. The number of urea groups is 2. The van der Waals surface area contributed by atoms with Crippen molar-refractivity contribution in [3.05, 3.63) is 118 Å². The van der Waals surface area contributed by atoms with E-state index in [1.807, 2.05) is 85.2 Å². The Labute approximate surface area is 315 Å². The molecule has 2 aliphatic heterocycles. The van der Waals surface area contributed by atoms with Crippen LogP contribution in [0.25, 0.3) is 0 Å². The molecule has 2 aliphatic rings. The molecule has 52 heavy (non-hydrogen) atoms. The van der Waals surface area contributed by atoms with E-state index in [-0.39, 0.29) is 23.5 Å². The second-order valence-corrected chi connectivity index (χ2v) is 15.4. The van der Waals surface area contributed by atoms with Crippen molar-refractivity contribution in [1.82, 2.24) is 25.1 Å². The van der Waals surface area contributed by atoms with Crippen LogP contribution in [-0.4, -0.2) is 63.4 Å². The van der Waals surface area contributed by atoms with Crippen LogP contribution in [0.5, 0.6) is 5.75 Å². The summed E-state index contributed by atoms with van der Waals surface area (Å²) in [6, 6.07) is 20.1. The zero-order valence-electron chi connectivity index (χ0n) is 30.4. The molecule has 2 aromatic carbocycles. The molecule has 10 nitrogen and oxygen atoms in total. The third-order valence-corrected chi connectivity index (χ3v) is 10.6. The Morgan fingerprint density at radius 1 is 0.942 bits per heavy atom. The molecule has 0 bridgehead atoms. The van der Waals surface area contributed by atoms with Gasteiger partial charge in [0, 0.05) is 58.7 Å². The SMILES string of the molecule is CCOc1cc(C(C)(C)C)ncc1C1=N[C@@](C)(c2ccc(Cl)cc2)[C@@](C)(c2ccc(Cl)cc2)N1C(=O)N1CCC(NC(=O)Nc2cccnc2)CC1. The van der Waals surface area contributed by atoms with E-state index < -0.39 is 11.1 Å². The molecule has 4 amide bonds. The molecule has 2 atom stereocenters. The van der Waals surface area contributed by atoms with Crippen molar-refractivity contribution in [3.63, 3.8) is 0 Å². The van der Waals surface area contributed by atoms with Crippen LogP contribution in [0, 0.1) is 0 Å². The quantitative estimate of drug-likeness (QED) is 0.197. The molecule has 0 radical (unpaired) electrons. The lowest BCUT2D eigenvalue weighted by Crippen LogP contribution is -2.59. The molecule has 6 rings (SSSR count). The first kappa shape index (κ1) is 37.1. The lowest BCUT2D eigenvalue weighted by molar-refractivity contribution is 0.0997. The highest BCUT2D eigenvalue weighted by atomic mass is 35.5. The van der Waals surface area contributed by atoms with Gasteiger partial charge in [0.1, 0.15) is 22.7 Å². The van der Waals surface area contributed by atoms with Crippen LogP contribution in [0.3, 0.4) is 0 Å². The number of carbonyl (C=O) groups is 2. The fourth-order valence-electron chi connectivity index (χ4n) is 7.00. The summed E-state index contributed by atoms with van der Waals surface area (Å²) in [5.41, 5.74) is 1.53. The summed E-state index contributed by atoms with van der Waals surface area (Å²) in [6.07, 6.45) is 6.17. The molecule has 0 unspecified atom stereocenters. The molecule has 1 saturated heterocycles. The van der Waals surface area contributed by atoms with E-state index in [1.54, 1.807) is 30.7 Å². The van der Waals surface area contributed by atoms with Gasteiger partial charge >= 0.3 is 12.1 Å². The van der Waals surface area contributed by atoms with E-state index in [0.29, 0.717) is 65.4 Å². The maximum Gasteiger partial charge on any atom is 0.326 e. The van der Waals surface area contributed by atoms with Gasteiger partial charge in [-0.25, -0.2) is 9.59 Å². The van der Waals surface area contributed by atoms with Gasteiger partial charge in [-0.2, -0.15) is 0 Å². The fourth-order valence-corrected chi connectivity index (χ4v) is 7.26. The van der Waals surface area contributed by atoms with Gasteiger partial charge in [0.05, 0.1) is 24.1 Å². The molecule has 4 aromatic rings. The summed E-state index contributed by atoms with van der Waals surface area (Å²) in [5, 5.41) is 7.07. The van der Waals surface area contributed by atoms with Crippen molar-refractivity contribution in [3.8, 4) is 5.75 Å². The molecular weight excluding hydrogens is 697 g/mol. The second-order valence-electron chi connectivity index (χ2n) is 14.6. The Morgan fingerprint density at radius 2 is 1.58 bits per heavy atom. The number of hydrogen-bond donors (Lipinski definition) is 2. The fraction of sp³-hybridized carbons (Fsp3) is 0.375. The molecule has 12 heteroatoms. The standard InChI is InChI=1S/C40H45Cl2N7O3/c1-7-52-33-23-34(38(2,3)4)44-25-32(33)35-47-39(5,26-10-14-28(41)15-11-26)40(6,27-12-16-29(42)17-13-27)49(35)37(51)48-21-18-30(19-22-48)45-36(50)46-31-9-8-20-43-24-31/h8-17,20,23-25,30H,7,18-19,21-22H2,1-6H3,(H2,45,46,50)/t39-,40+/m0/s1. The van der Waals surface area contributed by atoms with Crippen LogP contribution in [0.15, 0.2) is 90.3 Å². The van der Waals surface area contributed by atoms with Crippen molar-refractivity contribution < 1.29 is 14.3 Å². The van der Waals surface area contributed by atoms with Crippen LogP contribution in [-0.2, 0) is 16.5 Å². The number of ether oxygens (including phenoxy) is 1. The lowest BCUT2D eigenvalue weighted by Gasteiger charge is -2.47. The molecule has 0 spiro atoms. The zero-order chi connectivity index (χ0) is 37.3. The average molecular weight is 743 g/mol. The number of rotatable bonds is 7. The van der Waals surface area contributed by atoms with Crippen molar-refractivity contribution in [1.29, 1.82) is 0 Å². The first-order chi connectivity index (χ1) is 24.7. The van der Waals surface area contributed by atoms with Gasteiger partial charge in [-0.1, -0.05) is 68.2 Å². The van der Waals surface area contributed by atoms with E-state index in [1.165, 1.54) is 0 Å². The second kappa shape index (κ2) is 14.8. The first-order valence-electron chi connectivity index (χ1n) is 17.6. The summed E-state index contributed by atoms with van der Waals surface area (Å²) >= 11 is 12.8. The maximum atomic E-state index is 15.2. The highest BCUT2D eigenvalue weighted by Crippen LogP contribution is 2.54. The summed E-state index contributed by atoms with van der Waals surface area (Å²) in [7, 11) is 0. The van der Waals surface area contributed by atoms with Crippen molar-refractivity contribution in [2.75, 3.05) is 25.0 Å². The molecule has 2 aromatic heterocycles. The number of amides is 4. The normalized spacial score (nSPS) is 20.7. The summed E-state index contributed by atoms with van der Waals surface area (Å²) in [4.78, 5) is 46.1. The molecule has 272 valence electrons. The topological polar surface area (TPSA) is 112 Å². The number of nitrogens with one attached hydrogen (secondary N) is 2. The number of benzene rings is 2. The van der Waals surface area contributed by atoms with Gasteiger partial charge in [0.15, 0.2) is 0 Å². The number of piperidine rings is 1. The average Bonchev–Trinajstić information content (AvgIpc) is 3.36. The van der Waals surface area contributed by atoms with Crippen LogP contribution < -0.4 is 15.4 Å². The third kappa shape index (κ3) is 7.19. The van der Waals surface area contributed by atoms with Gasteiger partial charge in [-0.05, 0) is 81.1 Å². The Kier molecular flexibility index (Phi) is 10.5. The van der Waals surface area contributed by atoms with Crippen molar-refractivity contribution in [2.45, 2.75) is 76.9 Å². The van der Waals surface area contributed by atoms with Gasteiger partial charge in [0.25, 0.3) is 0 Å². The van der Waals surface area contributed by atoms with E-state index >= 15 is 4.79 Å². The van der Waals surface area contributed by atoms with Crippen LogP contribution in [0.2, 0.25) is 10.0 Å². The lowest BCUT2D eigenvalue weighted by atomic mass is 9.71. The summed E-state index contributed by atoms with van der Waals surface area (Å²) in [6.45, 7) is 13.6. The number of likely N-dealkylation sites (tertiary alicyclic amines) is 1. The Balaban J connectivity index is 1.42. The van der Waals surface area contributed by atoms with Crippen LogP contribution in [0.1, 0.15) is 76.8 Å². The zero-order valence-corrected chi connectivity index (χ0v) is 31.9. The Morgan fingerprint density at radius 3 is 2.15 bits per heavy atom. The van der Waals surface area contributed by atoms with E-state index in [9.17, 15) is 4.79 Å². The largest absolute Gasteiger partial charge is 0.493 e. The predicted octanol–water partition coefficient (Wildman–Crippen LogP) is 8.78. The number of hydrogen-bond acceptors (Lipinski definition) is 6. The Bertz CT molecular complexity index is 1940. The van der Waals surface area contributed by atoms with Crippen molar-refractivity contribution in [2.24, 2.45) is 4.99 Å². The monoisotopic (exact) mass is 741 g/mol. The van der Waals surface area contributed by atoms with E-state index in [0.717, 1.165) is 16.8 Å². The first-order valence-corrected chi connectivity index (χ1v) is 18.3. The third-order valence-electron chi connectivity index (χ3n) is 10.1. The highest BCUT2D eigenvalue weighted by Gasteiger charge is 2.60. The van der Waals surface area contributed by atoms with Gasteiger partial charge in [-0.3, -0.25) is 19.9 Å². The summed E-state index contributed by atoms with van der Waals surface area (Å²) < 4.78 is 6.27. The minimum atomic E-state index is -1.05. The number of carbonyl (C=O) groups excluding carboxylic acids is 2. The number of amidine groups is 1. The number of halogens is 2.